The topological polar surface area (TPSA) is 365 Å². The number of carbonyl (C=O) groups excluding carboxylic acids is 1. The predicted octanol–water partition coefficient (Wildman–Crippen LogP) is 18.5. The molecule has 8 aromatic heterocycles. The minimum Gasteiger partial charge on any atom is -0.508 e. The Balaban J connectivity index is 0.000000115. The van der Waals surface area contributed by atoms with Crippen LogP contribution in [-0.2, 0) is 4.79 Å². The van der Waals surface area contributed by atoms with Gasteiger partial charge in [0.2, 0.25) is 35.6 Å². The lowest BCUT2D eigenvalue weighted by molar-refractivity contribution is -0.114. The highest BCUT2D eigenvalue weighted by molar-refractivity contribution is 7.22. The van der Waals surface area contributed by atoms with Crippen molar-refractivity contribution in [1.29, 1.82) is 0 Å². The van der Waals surface area contributed by atoms with Crippen molar-refractivity contribution >= 4 is 150 Å². The van der Waals surface area contributed by atoms with Gasteiger partial charge in [0.05, 0.1) is 71.3 Å². The molecular weight excluding hydrogens is 1420 g/mol. The van der Waals surface area contributed by atoms with Gasteiger partial charge in [-0.2, -0.15) is 0 Å². The number of H-pyrrole nitrogens is 2. The van der Waals surface area contributed by atoms with Crippen LogP contribution in [0.4, 0.5) is 34.9 Å². The number of hydrogen-bond acceptors (Lipinski definition) is 21. The average molecular weight is 1490 g/mol. The summed E-state index contributed by atoms with van der Waals surface area (Å²) in [6, 6.07) is 64.7. The number of nitrogens with one attached hydrogen (secondary N) is 5. The van der Waals surface area contributed by atoms with Gasteiger partial charge >= 0.3 is 0 Å². The molecule has 0 saturated heterocycles. The number of aromatic amines is 2. The molecular formula is C85H74ClN19O4S. The summed E-state index contributed by atoms with van der Waals surface area (Å²) in [6.07, 6.45) is 0. The van der Waals surface area contributed by atoms with Crippen LogP contribution in [0, 0.1) is 41.5 Å². The van der Waals surface area contributed by atoms with Crippen LogP contribution in [0.15, 0.2) is 200 Å². The summed E-state index contributed by atoms with van der Waals surface area (Å²) in [7, 11) is 3.61. The van der Waals surface area contributed by atoms with E-state index >= 15 is 0 Å². The molecule has 1 amide bonds. The van der Waals surface area contributed by atoms with Crippen molar-refractivity contribution in [2.45, 2.75) is 48.5 Å². The Morgan fingerprint density at radius 3 is 1.15 bits per heavy atom. The van der Waals surface area contributed by atoms with Gasteiger partial charge in [-0.1, -0.05) is 95.2 Å². The van der Waals surface area contributed by atoms with Gasteiger partial charge in [-0.25, -0.2) is 54.8 Å². The summed E-state index contributed by atoms with van der Waals surface area (Å²) >= 11 is 7.30. The minimum atomic E-state index is -0.122. The molecule has 0 atom stereocenters. The largest absolute Gasteiger partial charge is 0.508 e. The number of thiazole rings is 1. The average Bonchev–Trinajstić information content (AvgIpc) is 1.43. The number of hydrogen-bond donors (Lipinski definition) is 11. The zero-order valence-electron chi connectivity index (χ0n) is 61.2. The van der Waals surface area contributed by atoms with Crippen LogP contribution in [0.2, 0.25) is 5.02 Å². The molecule has 8 heterocycles. The standard InChI is InChI=1S/C18H15N5OS.C18H16N4O.C17H14N4O.C16H14ClN3O.C16H15N3/c1-9-13-7-11(3-5-14(13)22-17(19)20-9)12-4-6-15-16(8-12)25-18(23-15)21-10(2)24;1-10-14-8-11(3-5-16(14)22-18(19-2)20-10)17-9-12-7-13(23)4-6-15(12)21-17;1-9-13-7-10(2-4-15(13)21-17(18)19-9)16-8-11-6-12(22)3-5-14(11)20-16;1-9-12-7-10(11-3-5-13(17)15(21)8-11)4-6-14(12)20-16(18-2)19-9;1-10-3-5-12(6-4-10)13-7-8-15-14(9-13)11(2)18-16(17)19-15/h3-8H,1-2H3,(H2,19,20,22)(H,21,23,24);3-9,21,23H,1-2H3,(H,19,20,22);2-8,20,22H,1H3,(H2,18,19,21);3-8,21H,1-2H3,(H,18,19,20);3-9H,1-2H3,(H2,17,18,19). The zero-order valence-corrected chi connectivity index (χ0v) is 62.8. The molecule has 0 radical (unpaired) electrons. The summed E-state index contributed by atoms with van der Waals surface area (Å²) in [4.78, 5) is 65.5. The molecule has 25 heteroatoms. The van der Waals surface area contributed by atoms with E-state index in [1.807, 2.05) is 145 Å². The number of aromatic nitrogens is 13. The van der Waals surface area contributed by atoms with Gasteiger partial charge in [-0.3, -0.25) is 4.79 Å². The molecule has 0 aliphatic heterocycles. The second-order valence-electron chi connectivity index (χ2n) is 26.3. The maximum Gasteiger partial charge on any atom is 0.223 e. The summed E-state index contributed by atoms with van der Waals surface area (Å²) < 4.78 is 1.02. The maximum atomic E-state index is 11.2. The van der Waals surface area contributed by atoms with E-state index in [9.17, 15) is 20.1 Å². The number of aromatic hydroxyl groups is 3. The van der Waals surface area contributed by atoms with E-state index in [4.69, 9.17) is 28.8 Å². The summed E-state index contributed by atoms with van der Waals surface area (Å²) in [6.45, 7) is 13.3. The first kappa shape index (κ1) is 73.0. The molecule has 0 saturated carbocycles. The molecule has 18 rings (SSSR count). The number of rotatable bonds is 8. The van der Waals surface area contributed by atoms with Gasteiger partial charge in [-0.05, 0) is 220 Å². The first-order chi connectivity index (χ1) is 52.9. The van der Waals surface area contributed by atoms with Gasteiger partial charge in [-0.15, -0.1) is 0 Å². The molecule has 110 heavy (non-hydrogen) atoms. The molecule has 0 aliphatic carbocycles. The third-order valence-corrected chi connectivity index (χ3v) is 19.7. The number of benzene rings is 10. The van der Waals surface area contributed by atoms with E-state index in [-0.39, 0.29) is 29.1 Å². The van der Waals surface area contributed by atoms with Crippen LogP contribution in [0.1, 0.15) is 41.0 Å². The lowest BCUT2D eigenvalue weighted by Gasteiger charge is -2.08. The molecule has 546 valence electrons. The molecule has 14 N–H and O–H groups in total. The molecule has 0 bridgehead atoms. The van der Waals surface area contributed by atoms with Crippen LogP contribution in [0.5, 0.6) is 17.2 Å². The number of anilines is 6. The molecule has 0 aliphatic rings. The molecule has 0 fully saturated rings. The van der Waals surface area contributed by atoms with Crippen LogP contribution in [-0.4, -0.2) is 100 Å². The smallest absolute Gasteiger partial charge is 0.223 e. The van der Waals surface area contributed by atoms with Crippen LogP contribution in [0.3, 0.4) is 0 Å². The molecule has 0 spiro atoms. The van der Waals surface area contributed by atoms with Crippen molar-refractivity contribution < 1.29 is 20.1 Å². The fraction of sp³-hybridized carbons (Fsp3) is 0.106. The highest BCUT2D eigenvalue weighted by Gasteiger charge is 2.15. The van der Waals surface area contributed by atoms with Crippen LogP contribution in [0.25, 0.3) is 142 Å². The Hall–Kier alpha value is -14.0. The van der Waals surface area contributed by atoms with E-state index in [0.717, 1.165) is 160 Å². The van der Waals surface area contributed by atoms with Crippen molar-refractivity contribution in [1.82, 2.24) is 64.8 Å². The minimum absolute atomic E-state index is 0.0766. The number of aryl methyl sites for hydroxylation is 6. The van der Waals surface area contributed by atoms with E-state index in [1.165, 1.54) is 35.0 Å². The van der Waals surface area contributed by atoms with Gasteiger partial charge in [0.15, 0.2) is 5.13 Å². The van der Waals surface area contributed by atoms with Gasteiger partial charge < -0.3 is 58.4 Å². The van der Waals surface area contributed by atoms with Crippen molar-refractivity contribution in [3.63, 3.8) is 0 Å². The van der Waals surface area contributed by atoms with Crippen molar-refractivity contribution in [3.8, 4) is 73.1 Å². The SMILES string of the molecule is CC(=O)Nc1nc2ccc(-c3ccc4nc(N)nc(C)c4c3)cc2s1.CNc1nc(C)c2cc(-c3cc4cc(O)ccc4[nH]3)ccc2n1.CNc1nc(C)c2cc(-c3ccc(Cl)c(O)c3)ccc2n1.Cc1ccc(-c2ccc3nc(N)nc(C)c3c2)cc1.Cc1nc(N)nc2ccc(-c3cc4cc(O)ccc4[nH]3)cc12. The number of nitrogens with two attached hydrogens (primary N) is 3. The van der Waals surface area contributed by atoms with Crippen LogP contribution >= 0.6 is 22.9 Å². The molecule has 23 nitrogen and oxygen atoms in total. The molecule has 18 aromatic rings. The first-order valence-corrected chi connectivity index (χ1v) is 36.1. The lowest BCUT2D eigenvalue weighted by Crippen LogP contribution is -2.04. The number of phenols is 3. The van der Waals surface area contributed by atoms with Gasteiger partial charge in [0, 0.05) is 81.1 Å². The fourth-order valence-electron chi connectivity index (χ4n) is 12.9. The second-order valence-corrected chi connectivity index (χ2v) is 27.7. The highest BCUT2D eigenvalue weighted by Crippen LogP contribution is 2.37. The summed E-state index contributed by atoms with van der Waals surface area (Å²) in [5.74, 6) is 2.62. The van der Waals surface area contributed by atoms with Crippen molar-refractivity contribution in [2.75, 3.05) is 47.2 Å². The fourth-order valence-corrected chi connectivity index (χ4v) is 13.9. The molecule has 10 aromatic carbocycles. The Labute approximate surface area is 639 Å². The Morgan fingerprint density at radius 2 is 0.736 bits per heavy atom. The van der Waals surface area contributed by atoms with Crippen LogP contribution < -0.4 is 33.2 Å². The van der Waals surface area contributed by atoms with Crippen molar-refractivity contribution in [3.05, 3.63) is 239 Å². The summed E-state index contributed by atoms with van der Waals surface area (Å²) in [5, 5.41) is 45.5. The normalized spacial score (nSPS) is 11.1. The van der Waals surface area contributed by atoms with Gasteiger partial charge in [0.1, 0.15) is 17.2 Å². The lowest BCUT2D eigenvalue weighted by atomic mass is 10.0. The third-order valence-electron chi connectivity index (χ3n) is 18.4. The predicted molar refractivity (Wildman–Crippen MR) is 447 cm³/mol. The Morgan fingerprint density at radius 1 is 0.382 bits per heavy atom. The number of nitrogens with zero attached hydrogens (tertiary/aromatic N) is 11. The number of carbonyl (C=O) groups is 1. The summed E-state index contributed by atoms with van der Waals surface area (Å²) in [5.41, 5.74) is 40.5. The van der Waals surface area contributed by atoms with Gasteiger partial charge in [0.25, 0.3) is 0 Å². The Bertz CT molecular complexity index is 6610. The van der Waals surface area contributed by atoms with E-state index in [1.54, 1.807) is 43.4 Å². The monoisotopic (exact) mass is 1490 g/mol. The highest BCUT2D eigenvalue weighted by atomic mass is 35.5. The number of nitrogen functional groups attached to an aromatic ring is 3. The number of fused-ring (bicyclic) bond motifs is 8. The number of phenolic OH excluding ortho intramolecular Hbond substituents is 3. The zero-order chi connectivity index (χ0) is 77.2. The number of halogens is 1. The third kappa shape index (κ3) is 16.1. The molecule has 0 unspecified atom stereocenters. The van der Waals surface area contributed by atoms with E-state index in [2.05, 4.69) is 148 Å². The quantitative estimate of drug-likeness (QED) is 0.0673. The van der Waals surface area contributed by atoms with E-state index in [0.29, 0.717) is 33.9 Å². The first-order valence-electron chi connectivity index (χ1n) is 34.9. The second kappa shape index (κ2) is 30.9. The Kier molecular flexibility index (Phi) is 20.5. The van der Waals surface area contributed by atoms with E-state index < -0.39 is 0 Å². The van der Waals surface area contributed by atoms with Crippen molar-refractivity contribution in [2.24, 2.45) is 0 Å². The maximum absolute atomic E-state index is 11.2. The number of amides is 1.